The Kier molecular flexibility index (Phi) is 6.66. The van der Waals surface area contributed by atoms with E-state index in [1.165, 1.54) is 12.0 Å². The first-order chi connectivity index (χ1) is 12.6. The number of aliphatic hydroxyl groups is 1. The largest absolute Gasteiger partial charge is 0.467 e. The zero-order valence-corrected chi connectivity index (χ0v) is 16.6. The van der Waals surface area contributed by atoms with Crippen LogP contribution in [0, 0.1) is 0 Å². The zero-order valence-electron chi connectivity index (χ0n) is 16.6. The second kappa shape index (κ2) is 8.41. The van der Waals surface area contributed by atoms with Gasteiger partial charge in [-0.15, -0.1) is 5.48 Å². The average Bonchev–Trinajstić information content (AvgIpc) is 3.22. The van der Waals surface area contributed by atoms with E-state index in [1.54, 1.807) is 27.7 Å². The van der Waals surface area contributed by atoms with Crippen molar-refractivity contribution in [2.24, 2.45) is 4.99 Å². The number of likely N-dealkylation sites (tertiary alicyclic amines) is 1. The fraction of sp³-hybridized carbons (Fsp3) is 0.824. The Labute approximate surface area is 159 Å². The fourth-order valence-electron chi connectivity index (χ4n) is 3.27. The number of aliphatic hydroxyl groups excluding tert-OH is 1. The summed E-state index contributed by atoms with van der Waals surface area (Å²) in [5.41, 5.74) is 0.690. The van der Waals surface area contributed by atoms with Crippen LogP contribution in [0.2, 0.25) is 0 Å². The number of nitrogens with zero attached hydrogens (tertiary/aromatic N) is 2. The van der Waals surface area contributed by atoms with Crippen LogP contribution in [-0.2, 0) is 19.1 Å². The second-order valence-electron chi connectivity index (χ2n) is 7.76. The molecule has 2 aliphatic heterocycles. The first-order valence-corrected chi connectivity index (χ1v) is 9.05. The van der Waals surface area contributed by atoms with Gasteiger partial charge in [0.2, 0.25) is 5.90 Å². The predicted molar refractivity (Wildman–Crippen MR) is 96.9 cm³/mol. The van der Waals surface area contributed by atoms with E-state index in [-0.39, 0.29) is 13.2 Å². The Hall–Kier alpha value is -1.91. The molecule has 3 N–H and O–H groups in total. The number of esters is 1. The lowest BCUT2D eigenvalue weighted by atomic mass is 9.95. The lowest BCUT2D eigenvalue weighted by Gasteiger charge is -2.38. The number of hydroxylamine groups is 1. The number of hydrogen-bond acceptors (Lipinski definition) is 9. The summed E-state index contributed by atoms with van der Waals surface area (Å²) >= 11 is 0. The normalized spacial score (nSPS) is 24.8. The summed E-state index contributed by atoms with van der Waals surface area (Å²) in [5, 5.41) is 13.2. The molecule has 1 amide bonds. The standard InChI is InChI=1S/C17H30N4O6/c1-11(22)12(13-19-10-20-27-13)18-9-17(14(23)25-5)7-6-8-21(17)15(24)26-16(2,3)4/h11-12,18,20,22H,6-10H2,1-5H3/t11-,12+,17?/m1/s1. The molecule has 3 atom stereocenters. The van der Waals surface area contributed by atoms with Crippen LogP contribution in [0.1, 0.15) is 40.5 Å². The van der Waals surface area contributed by atoms with E-state index in [9.17, 15) is 14.7 Å². The molecule has 27 heavy (non-hydrogen) atoms. The van der Waals surface area contributed by atoms with Crippen LogP contribution in [0.4, 0.5) is 4.79 Å². The average molecular weight is 386 g/mol. The van der Waals surface area contributed by atoms with Gasteiger partial charge in [-0.25, -0.2) is 14.6 Å². The number of carbonyl (C=O) groups excluding carboxylic acids is 2. The van der Waals surface area contributed by atoms with Gasteiger partial charge < -0.3 is 24.7 Å². The van der Waals surface area contributed by atoms with Gasteiger partial charge in [-0.3, -0.25) is 4.90 Å². The molecule has 154 valence electrons. The van der Waals surface area contributed by atoms with Gasteiger partial charge in [-0.2, -0.15) is 0 Å². The van der Waals surface area contributed by atoms with Crippen molar-refractivity contribution in [3.05, 3.63) is 0 Å². The summed E-state index contributed by atoms with van der Waals surface area (Å²) in [5.74, 6) is -0.234. The number of amides is 1. The maximum atomic E-state index is 12.7. The third-order valence-corrected chi connectivity index (χ3v) is 4.51. The zero-order chi connectivity index (χ0) is 20.2. The van der Waals surface area contributed by atoms with Crippen molar-refractivity contribution in [2.45, 2.75) is 63.8 Å². The van der Waals surface area contributed by atoms with Crippen LogP contribution >= 0.6 is 0 Å². The molecule has 2 rings (SSSR count). The molecular weight excluding hydrogens is 356 g/mol. The minimum absolute atomic E-state index is 0.0663. The van der Waals surface area contributed by atoms with Gasteiger partial charge in [-0.1, -0.05) is 0 Å². The molecule has 2 aliphatic rings. The highest BCUT2D eigenvalue weighted by Crippen LogP contribution is 2.32. The monoisotopic (exact) mass is 386 g/mol. The smallest absolute Gasteiger partial charge is 0.411 e. The van der Waals surface area contributed by atoms with Gasteiger partial charge in [0.15, 0.2) is 5.54 Å². The summed E-state index contributed by atoms with van der Waals surface area (Å²) in [6.45, 7) is 7.63. The van der Waals surface area contributed by atoms with E-state index in [0.717, 1.165) is 0 Å². The Morgan fingerprint density at radius 1 is 1.48 bits per heavy atom. The molecule has 0 bridgehead atoms. The fourth-order valence-corrected chi connectivity index (χ4v) is 3.27. The van der Waals surface area contributed by atoms with Gasteiger partial charge in [0.1, 0.15) is 18.3 Å². The third-order valence-electron chi connectivity index (χ3n) is 4.51. The van der Waals surface area contributed by atoms with Crippen molar-refractivity contribution < 1.29 is 29.0 Å². The minimum atomic E-state index is -1.23. The van der Waals surface area contributed by atoms with Crippen LogP contribution in [0.15, 0.2) is 4.99 Å². The molecular formula is C17H30N4O6. The molecule has 1 saturated heterocycles. The molecule has 0 aromatic rings. The summed E-state index contributed by atoms with van der Waals surface area (Å²) in [4.78, 5) is 36.1. The molecule has 0 radical (unpaired) electrons. The lowest BCUT2D eigenvalue weighted by molar-refractivity contribution is -0.153. The van der Waals surface area contributed by atoms with Crippen molar-refractivity contribution >= 4 is 18.0 Å². The molecule has 0 spiro atoms. The van der Waals surface area contributed by atoms with Crippen LogP contribution in [0.25, 0.3) is 0 Å². The number of methoxy groups -OCH3 is 1. The molecule has 1 fully saturated rings. The van der Waals surface area contributed by atoms with Crippen LogP contribution in [-0.4, -0.2) is 78.1 Å². The van der Waals surface area contributed by atoms with Crippen molar-refractivity contribution in [2.75, 3.05) is 26.9 Å². The highest BCUT2D eigenvalue weighted by atomic mass is 16.7. The molecule has 2 heterocycles. The highest BCUT2D eigenvalue weighted by molar-refractivity contribution is 5.87. The summed E-state index contributed by atoms with van der Waals surface area (Å²) in [7, 11) is 1.29. The molecule has 0 aliphatic carbocycles. The number of hydrogen-bond donors (Lipinski definition) is 3. The van der Waals surface area contributed by atoms with E-state index < -0.39 is 35.3 Å². The summed E-state index contributed by atoms with van der Waals surface area (Å²) in [6, 6.07) is -0.636. The van der Waals surface area contributed by atoms with Crippen molar-refractivity contribution in [1.29, 1.82) is 0 Å². The molecule has 1 unspecified atom stereocenters. The van der Waals surface area contributed by atoms with E-state index in [0.29, 0.717) is 25.3 Å². The van der Waals surface area contributed by atoms with Gasteiger partial charge in [0, 0.05) is 13.1 Å². The molecule has 10 nitrogen and oxygen atoms in total. The van der Waals surface area contributed by atoms with Gasteiger partial charge in [-0.05, 0) is 40.5 Å². The van der Waals surface area contributed by atoms with E-state index >= 15 is 0 Å². The summed E-state index contributed by atoms with van der Waals surface area (Å²) < 4.78 is 10.5. The van der Waals surface area contributed by atoms with Crippen molar-refractivity contribution in [3.8, 4) is 0 Å². The minimum Gasteiger partial charge on any atom is -0.467 e. The Morgan fingerprint density at radius 3 is 2.70 bits per heavy atom. The van der Waals surface area contributed by atoms with E-state index in [4.69, 9.17) is 14.3 Å². The third kappa shape index (κ3) is 4.88. The number of aliphatic imine (C=N–C) groups is 1. The Morgan fingerprint density at radius 2 is 2.19 bits per heavy atom. The number of nitrogens with one attached hydrogen (secondary N) is 2. The van der Waals surface area contributed by atoms with Crippen molar-refractivity contribution in [1.82, 2.24) is 15.7 Å². The Bertz CT molecular complexity index is 588. The Balaban J connectivity index is 2.22. The molecule has 0 aromatic carbocycles. The van der Waals surface area contributed by atoms with Gasteiger partial charge >= 0.3 is 12.1 Å². The lowest BCUT2D eigenvalue weighted by Crippen LogP contribution is -2.62. The first kappa shape index (κ1) is 21.4. The topological polar surface area (TPSA) is 122 Å². The SMILES string of the molecule is COC(=O)C1(CN[C@H](C2=NCNO2)[C@@H](C)O)CCCN1C(=O)OC(C)(C)C. The van der Waals surface area contributed by atoms with Crippen LogP contribution in [0.3, 0.4) is 0 Å². The first-order valence-electron chi connectivity index (χ1n) is 9.05. The second-order valence-corrected chi connectivity index (χ2v) is 7.76. The van der Waals surface area contributed by atoms with Crippen LogP contribution < -0.4 is 10.8 Å². The predicted octanol–water partition coefficient (Wildman–Crippen LogP) is 0.159. The van der Waals surface area contributed by atoms with E-state index in [1.807, 2.05) is 0 Å². The molecule has 0 saturated carbocycles. The molecule has 10 heteroatoms. The van der Waals surface area contributed by atoms with Gasteiger partial charge in [0.25, 0.3) is 0 Å². The quantitative estimate of drug-likeness (QED) is 0.552. The maximum Gasteiger partial charge on any atom is 0.411 e. The number of carbonyl (C=O) groups is 2. The van der Waals surface area contributed by atoms with Crippen LogP contribution in [0.5, 0.6) is 0 Å². The number of ether oxygens (including phenoxy) is 2. The van der Waals surface area contributed by atoms with Crippen molar-refractivity contribution in [3.63, 3.8) is 0 Å². The maximum absolute atomic E-state index is 12.7. The molecule has 0 aromatic heterocycles. The highest BCUT2D eigenvalue weighted by Gasteiger charge is 2.52. The number of rotatable bonds is 6. The van der Waals surface area contributed by atoms with Gasteiger partial charge in [0.05, 0.1) is 13.2 Å². The summed E-state index contributed by atoms with van der Waals surface area (Å²) in [6.07, 6.45) is -0.343. The van der Waals surface area contributed by atoms with E-state index in [2.05, 4.69) is 15.8 Å².